The number of hydrogen-bond acceptors (Lipinski definition) is 3. The molecule has 0 spiro atoms. The Kier molecular flexibility index (Phi) is 4.66. The van der Waals surface area contributed by atoms with E-state index < -0.39 is 5.91 Å². The lowest BCUT2D eigenvalue weighted by Gasteiger charge is -2.32. The number of halogens is 1. The van der Waals surface area contributed by atoms with Crippen LogP contribution in [0.25, 0.3) is 0 Å². The van der Waals surface area contributed by atoms with Gasteiger partial charge < -0.3 is 16.8 Å². The molecule has 1 saturated carbocycles. The van der Waals surface area contributed by atoms with E-state index in [-0.39, 0.29) is 0 Å². The largest absolute Gasteiger partial charge is 0.382 e. The van der Waals surface area contributed by atoms with Gasteiger partial charge in [-0.3, -0.25) is 4.79 Å². The van der Waals surface area contributed by atoms with Gasteiger partial charge in [-0.2, -0.15) is 0 Å². The van der Waals surface area contributed by atoms with E-state index in [0.29, 0.717) is 29.1 Å². The fraction of sp³-hybridized carbons (Fsp3) is 0.500. The van der Waals surface area contributed by atoms with Crippen LogP contribution < -0.4 is 16.8 Å². The zero-order valence-electron chi connectivity index (χ0n) is 10.9. The minimum absolute atomic E-state index is 0.353. The van der Waals surface area contributed by atoms with Crippen LogP contribution in [0.4, 0.5) is 5.69 Å². The summed E-state index contributed by atoms with van der Waals surface area (Å²) < 4.78 is 0. The number of benzene rings is 1. The third-order valence-electron chi connectivity index (χ3n) is 3.80. The van der Waals surface area contributed by atoms with Crippen molar-refractivity contribution in [3.8, 4) is 0 Å². The van der Waals surface area contributed by atoms with E-state index in [1.165, 1.54) is 19.3 Å². The van der Waals surface area contributed by atoms with E-state index in [9.17, 15) is 4.79 Å². The highest BCUT2D eigenvalue weighted by Gasteiger charge is 2.23. The van der Waals surface area contributed by atoms with Crippen molar-refractivity contribution in [2.45, 2.75) is 31.7 Å². The number of nitrogens with two attached hydrogens (primary N) is 2. The Morgan fingerprint density at radius 1 is 1.37 bits per heavy atom. The van der Waals surface area contributed by atoms with E-state index in [1.54, 1.807) is 12.1 Å². The van der Waals surface area contributed by atoms with Crippen molar-refractivity contribution >= 4 is 23.2 Å². The summed E-state index contributed by atoms with van der Waals surface area (Å²) in [5, 5.41) is 3.86. The zero-order valence-corrected chi connectivity index (χ0v) is 11.6. The van der Waals surface area contributed by atoms with E-state index in [0.717, 1.165) is 12.1 Å². The van der Waals surface area contributed by atoms with E-state index in [4.69, 9.17) is 23.1 Å². The fourth-order valence-corrected chi connectivity index (χ4v) is 2.97. The monoisotopic (exact) mass is 281 g/mol. The summed E-state index contributed by atoms with van der Waals surface area (Å²) in [7, 11) is 0. The van der Waals surface area contributed by atoms with Crippen molar-refractivity contribution in [3.63, 3.8) is 0 Å². The molecule has 0 heterocycles. The van der Waals surface area contributed by atoms with Gasteiger partial charge in [-0.1, -0.05) is 24.4 Å². The number of primary amides is 1. The summed E-state index contributed by atoms with van der Waals surface area (Å²) in [6.07, 6.45) is 4.76. The summed E-state index contributed by atoms with van der Waals surface area (Å²) >= 11 is 6.05. The Morgan fingerprint density at radius 2 is 2.11 bits per heavy atom. The van der Waals surface area contributed by atoms with E-state index in [1.807, 2.05) is 6.07 Å². The quantitative estimate of drug-likeness (QED) is 0.792. The van der Waals surface area contributed by atoms with Crippen molar-refractivity contribution in [2.75, 3.05) is 11.9 Å². The predicted molar refractivity (Wildman–Crippen MR) is 78.4 cm³/mol. The fourth-order valence-electron chi connectivity index (χ4n) is 2.70. The average molecular weight is 282 g/mol. The van der Waals surface area contributed by atoms with E-state index in [2.05, 4.69) is 5.32 Å². The summed E-state index contributed by atoms with van der Waals surface area (Å²) in [5.41, 5.74) is 12.3. The smallest absolute Gasteiger partial charge is 0.250 e. The molecule has 1 aliphatic rings. The zero-order chi connectivity index (χ0) is 13.8. The summed E-state index contributed by atoms with van der Waals surface area (Å²) in [5.74, 6) is -0.00241. The van der Waals surface area contributed by atoms with Crippen LogP contribution in [0, 0.1) is 5.92 Å². The second kappa shape index (κ2) is 6.26. The first-order valence-electron chi connectivity index (χ1n) is 6.67. The maximum absolute atomic E-state index is 11.1. The molecule has 104 valence electrons. The second-order valence-electron chi connectivity index (χ2n) is 5.09. The molecular weight excluding hydrogens is 262 g/mol. The predicted octanol–water partition coefficient (Wildman–Crippen LogP) is 2.37. The molecule has 5 heteroatoms. The summed E-state index contributed by atoms with van der Waals surface area (Å²) in [6.45, 7) is 0.699. The Morgan fingerprint density at radius 3 is 2.74 bits per heavy atom. The van der Waals surface area contributed by atoms with Crippen LogP contribution in [0.15, 0.2) is 18.2 Å². The molecule has 0 bridgehead atoms. The molecule has 0 saturated heterocycles. The van der Waals surface area contributed by atoms with Gasteiger partial charge in [0.05, 0.1) is 10.6 Å². The Balaban J connectivity index is 2.10. The van der Waals surface area contributed by atoms with Crippen molar-refractivity contribution < 1.29 is 4.79 Å². The molecule has 2 atom stereocenters. The van der Waals surface area contributed by atoms with Gasteiger partial charge >= 0.3 is 0 Å². The van der Waals surface area contributed by atoms with Gasteiger partial charge in [0.1, 0.15) is 0 Å². The highest BCUT2D eigenvalue weighted by Crippen LogP contribution is 2.28. The lowest BCUT2D eigenvalue weighted by atomic mass is 9.84. The Bertz CT molecular complexity index is 464. The summed E-state index contributed by atoms with van der Waals surface area (Å²) in [6, 6.07) is 5.64. The molecule has 0 aliphatic heterocycles. The van der Waals surface area contributed by atoms with Crippen molar-refractivity contribution in [1.29, 1.82) is 0 Å². The molecule has 2 rings (SSSR count). The van der Waals surface area contributed by atoms with E-state index >= 15 is 0 Å². The third kappa shape index (κ3) is 3.39. The molecule has 0 radical (unpaired) electrons. The van der Waals surface area contributed by atoms with Crippen molar-refractivity contribution in [2.24, 2.45) is 17.4 Å². The molecule has 0 aromatic heterocycles. The van der Waals surface area contributed by atoms with Gasteiger partial charge in [0.25, 0.3) is 0 Å². The number of carbonyl (C=O) groups excluding carboxylic acids is 1. The van der Waals surface area contributed by atoms with Gasteiger partial charge in [0.2, 0.25) is 5.91 Å². The Labute approximate surface area is 118 Å². The SMILES string of the molecule is NCC1CCCCC1Nc1ccc(C(N)=O)c(Cl)c1. The number of hydrogen-bond donors (Lipinski definition) is 3. The minimum Gasteiger partial charge on any atom is -0.382 e. The number of carbonyl (C=O) groups is 1. The highest BCUT2D eigenvalue weighted by atomic mass is 35.5. The second-order valence-corrected chi connectivity index (χ2v) is 5.50. The molecule has 1 aromatic carbocycles. The third-order valence-corrected chi connectivity index (χ3v) is 4.11. The van der Waals surface area contributed by atoms with Crippen LogP contribution in [0.2, 0.25) is 5.02 Å². The number of amides is 1. The van der Waals surface area contributed by atoms with Gasteiger partial charge in [-0.05, 0) is 43.5 Å². The number of nitrogens with one attached hydrogen (secondary N) is 1. The lowest BCUT2D eigenvalue weighted by molar-refractivity contribution is 0.100. The Hall–Kier alpha value is -1.26. The molecule has 4 nitrogen and oxygen atoms in total. The van der Waals surface area contributed by atoms with Gasteiger partial charge in [-0.15, -0.1) is 0 Å². The standard InChI is InChI=1S/C14H20ClN3O/c15-12-7-10(5-6-11(12)14(17)19)18-13-4-2-1-3-9(13)8-16/h5-7,9,13,18H,1-4,8,16H2,(H2,17,19). The van der Waals surface area contributed by atoms with Crippen molar-refractivity contribution in [3.05, 3.63) is 28.8 Å². The van der Waals surface area contributed by atoms with Crippen LogP contribution in [-0.4, -0.2) is 18.5 Å². The topological polar surface area (TPSA) is 81.1 Å². The van der Waals surface area contributed by atoms with Crippen LogP contribution in [0.3, 0.4) is 0 Å². The van der Waals surface area contributed by atoms with Crippen molar-refractivity contribution in [1.82, 2.24) is 0 Å². The molecule has 1 aromatic rings. The maximum atomic E-state index is 11.1. The van der Waals surface area contributed by atoms with Crippen LogP contribution in [-0.2, 0) is 0 Å². The molecule has 19 heavy (non-hydrogen) atoms. The molecular formula is C14H20ClN3O. The van der Waals surface area contributed by atoms with Gasteiger partial charge in [0, 0.05) is 11.7 Å². The molecule has 1 amide bonds. The van der Waals surface area contributed by atoms with Crippen LogP contribution >= 0.6 is 11.6 Å². The molecule has 1 aliphatic carbocycles. The van der Waals surface area contributed by atoms with Gasteiger partial charge in [0.15, 0.2) is 0 Å². The number of rotatable bonds is 4. The van der Waals surface area contributed by atoms with Gasteiger partial charge in [-0.25, -0.2) is 0 Å². The van der Waals surface area contributed by atoms with Crippen LogP contribution in [0.1, 0.15) is 36.0 Å². The first-order valence-corrected chi connectivity index (χ1v) is 7.05. The average Bonchev–Trinajstić information content (AvgIpc) is 2.39. The lowest BCUT2D eigenvalue weighted by Crippen LogP contribution is -2.36. The maximum Gasteiger partial charge on any atom is 0.250 e. The molecule has 1 fully saturated rings. The highest BCUT2D eigenvalue weighted by molar-refractivity contribution is 6.34. The first-order chi connectivity index (χ1) is 9.11. The minimum atomic E-state index is -0.506. The summed E-state index contributed by atoms with van der Waals surface area (Å²) in [4.78, 5) is 11.1. The van der Waals surface area contributed by atoms with Crippen LogP contribution in [0.5, 0.6) is 0 Å². The number of anilines is 1. The normalized spacial score (nSPS) is 23.1. The molecule has 2 unspecified atom stereocenters. The first kappa shape index (κ1) is 14.2. The molecule has 5 N–H and O–H groups in total.